The molecule has 0 spiro atoms. The van der Waals surface area contributed by atoms with Crippen LogP contribution in [-0.2, 0) is 17.8 Å². The molecule has 0 bridgehead atoms. The Bertz CT molecular complexity index is 969. The Morgan fingerprint density at radius 1 is 1.50 bits per heavy atom. The molecule has 7 nitrogen and oxygen atoms in total. The SMILES string of the molecule is CC1(C)Cc2c(sc3nc(N/N=C/c4ccco4)[nH]c(=O)c23)CO1. The molecule has 2 N–H and O–H groups in total. The van der Waals surface area contributed by atoms with E-state index < -0.39 is 0 Å². The number of nitrogens with zero attached hydrogens (tertiary/aromatic N) is 2. The van der Waals surface area contributed by atoms with E-state index in [1.54, 1.807) is 18.4 Å². The smallest absolute Gasteiger partial charge is 0.261 e. The topological polar surface area (TPSA) is 92.5 Å². The number of fused-ring (bicyclic) bond motifs is 3. The van der Waals surface area contributed by atoms with Gasteiger partial charge in [0.05, 0.1) is 30.1 Å². The maximum atomic E-state index is 12.5. The second-order valence-electron chi connectivity index (χ2n) is 6.21. The molecule has 0 aromatic carbocycles. The molecule has 8 heteroatoms. The normalized spacial score (nSPS) is 16.6. The molecule has 3 aromatic rings. The minimum absolute atomic E-state index is 0.161. The third kappa shape index (κ3) is 2.74. The average molecular weight is 344 g/mol. The van der Waals surface area contributed by atoms with Crippen LogP contribution >= 0.6 is 11.3 Å². The van der Waals surface area contributed by atoms with E-state index in [9.17, 15) is 4.79 Å². The number of H-pyrrole nitrogens is 1. The fourth-order valence-electron chi connectivity index (χ4n) is 2.73. The van der Waals surface area contributed by atoms with Gasteiger partial charge < -0.3 is 9.15 Å². The van der Waals surface area contributed by atoms with E-state index in [4.69, 9.17) is 9.15 Å². The minimum Gasteiger partial charge on any atom is -0.463 e. The summed E-state index contributed by atoms with van der Waals surface area (Å²) in [5.74, 6) is 0.908. The highest BCUT2D eigenvalue weighted by Crippen LogP contribution is 2.36. The Balaban J connectivity index is 1.67. The number of rotatable bonds is 3. The molecule has 0 fully saturated rings. The van der Waals surface area contributed by atoms with Crippen molar-refractivity contribution in [3.05, 3.63) is 45.0 Å². The van der Waals surface area contributed by atoms with E-state index in [0.29, 0.717) is 35.0 Å². The van der Waals surface area contributed by atoms with Crippen molar-refractivity contribution in [1.82, 2.24) is 9.97 Å². The lowest BCUT2D eigenvalue weighted by Gasteiger charge is -2.29. The zero-order valence-electron chi connectivity index (χ0n) is 13.3. The number of nitrogens with one attached hydrogen (secondary N) is 2. The Hall–Kier alpha value is -2.45. The number of furan rings is 1. The van der Waals surface area contributed by atoms with Gasteiger partial charge in [-0.3, -0.25) is 9.78 Å². The van der Waals surface area contributed by atoms with Gasteiger partial charge in [0.25, 0.3) is 5.56 Å². The first-order chi connectivity index (χ1) is 11.5. The molecule has 0 saturated heterocycles. The van der Waals surface area contributed by atoms with E-state index >= 15 is 0 Å². The number of hydrazone groups is 1. The van der Waals surface area contributed by atoms with Gasteiger partial charge in [0, 0.05) is 11.3 Å². The van der Waals surface area contributed by atoms with Crippen LogP contribution < -0.4 is 11.0 Å². The summed E-state index contributed by atoms with van der Waals surface area (Å²) in [5, 5.41) is 4.67. The molecule has 0 aliphatic carbocycles. The van der Waals surface area contributed by atoms with Crippen LogP contribution in [0.25, 0.3) is 10.2 Å². The number of hydrogen-bond acceptors (Lipinski definition) is 7. The summed E-state index contributed by atoms with van der Waals surface area (Å²) in [6, 6.07) is 3.55. The third-order valence-electron chi connectivity index (χ3n) is 3.85. The summed E-state index contributed by atoms with van der Waals surface area (Å²) < 4.78 is 11.0. The standard InChI is InChI=1S/C16H16N4O3S/c1-16(2)6-10-11(8-23-16)24-14-12(10)13(21)18-15(19-14)20-17-7-9-4-3-5-22-9/h3-5,7H,6,8H2,1-2H3,(H2,18,19,20,21)/b17-7+. The predicted molar refractivity (Wildman–Crippen MR) is 92.7 cm³/mol. The lowest BCUT2D eigenvalue weighted by molar-refractivity contribution is -0.0379. The van der Waals surface area contributed by atoms with Gasteiger partial charge in [-0.25, -0.2) is 10.4 Å². The zero-order valence-corrected chi connectivity index (χ0v) is 14.1. The maximum absolute atomic E-state index is 12.5. The molecular weight excluding hydrogens is 328 g/mol. The number of ether oxygens (including phenoxy) is 1. The number of hydrogen-bond donors (Lipinski definition) is 2. The van der Waals surface area contributed by atoms with Gasteiger partial charge in [0.15, 0.2) is 0 Å². The van der Waals surface area contributed by atoms with Crippen molar-refractivity contribution >= 4 is 33.7 Å². The molecule has 124 valence electrons. The maximum Gasteiger partial charge on any atom is 0.261 e. The lowest BCUT2D eigenvalue weighted by Crippen LogP contribution is -2.31. The molecule has 0 saturated carbocycles. The minimum atomic E-state index is -0.266. The van der Waals surface area contributed by atoms with Crippen LogP contribution in [0.5, 0.6) is 0 Å². The van der Waals surface area contributed by atoms with E-state index in [-0.39, 0.29) is 11.2 Å². The van der Waals surface area contributed by atoms with Crippen LogP contribution in [0.1, 0.15) is 30.0 Å². The number of thiophene rings is 1. The highest BCUT2D eigenvalue weighted by Gasteiger charge is 2.30. The summed E-state index contributed by atoms with van der Waals surface area (Å²) in [6.45, 7) is 4.57. The molecule has 1 aliphatic heterocycles. The Labute approximate surface area is 141 Å². The number of anilines is 1. The number of aromatic nitrogens is 2. The van der Waals surface area contributed by atoms with Gasteiger partial charge in [-0.1, -0.05) is 0 Å². The molecule has 0 unspecified atom stereocenters. The van der Waals surface area contributed by atoms with Crippen LogP contribution in [0.3, 0.4) is 0 Å². The van der Waals surface area contributed by atoms with Crippen LogP contribution in [0.4, 0.5) is 5.95 Å². The van der Waals surface area contributed by atoms with Crippen LogP contribution in [0, 0.1) is 0 Å². The largest absolute Gasteiger partial charge is 0.463 e. The van der Waals surface area contributed by atoms with Gasteiger partial charge >= 0.3 is 0 Å². The quantitative estimate of drug-likeness (QED) is 0.563. The summed E-state index contributed by atoms with van der Waals surface area (Å²) in [7, 11) is 0. The Kier molecular flexibility index (Phi) is 3.50. The second-order valence-corrected chi connectivity index (χ2v) is 7.29. The highest BCUT2D eigenvalue weighted by molar-refractivity contribution is 7.18. The van der Waals surface area contributed by atoms with Crippen molar-refractivity contribution in [1.29, 1.82) is 0 Å². The molecule has 0 atom stereocenters. The molecular formula is C16H16N4O3S. The molecule has 3 aromatic heterocycles. The first-order valence-corrected chi connectivity index (χ1v) is 8.35. The summed E-state index contributed by atoms with van der Waals surface area (Å²) in [5.41, 5.74) is 3.35. The molecule has 0 radical (unpaired) electrons. The first kappa shape index (κ1) is 15.1. The van der Waals surface area contributed by atoms with Crippen LogP contribution in [-0.4, -0.2) is 21.8 Å². The van der Waals surface area contributed by atoms with Crippen LogP contribution in [0.2, 0.25) is 0 Å². The monoisotopic (exact) mass is 344 g/mol. The van der Waals surface area contributed by atoms with Crippen molar-refractivity contribution in [3.8, 4) is 0 Å². The summed E-state index contributed by atoms with van der Waals surface area (Å²) >= 11 is 1.49. The molecule has 0 amide bonds. The van der Waals surface area contributed by atoms with E-state index in [1.165, 1.54) is 17.6 Å². The van der Waals surface area contributed by atoms with Gasteiger partial charge in [0.1, 0.15) is 10.6 Å². The van der Waals surface area contributed by atoms with Crippen molar-refractivity contribution in [2.45, 2.75) is 32.5 Å². The number of aromatic amines is 1. The van der Waals surface area contributed by atoms with Crippen molar-refractivity contribution in [2.75, 3.05) is 5.43 Å². The van der Waals surface area contributed by atoms with E-state index in [0.717, 1.165) is 10.4 Å². The molecule has 4 heterocycles. The second kappa shape index (κ2) is 5.57. The van der Waals surface area contributed by atoms with E-state index in [1.807, 2.05) is 13.8 Å². The first-order valence-electron chi connectivity index (χ1n) is 7.53. The van der Waals surface area contributed by atoms with Crippen molar-refractivity contribution in [2.24, 2.45) is 5.10 Å². The van der Waals surface area contributed by atoms with E-state index in [2.05, 4.69) is 20.5 Å². The van der Waals surface area contributed by atoms with Gasteiger partial charge in [-0.15, -0.1) is 11.3 Å². The zero-order chi connectivity index (χ0) is 16.7. The molecule has 24 heavy (non-hydrogen) atoms. The average Bonchev–Trinajstić information content (AvgIpc) is 3.13. The molecule has 4 rings (SSSR count). The van der Waals surface area contributed by atoms with Crippen molar-refractivity contribution < 1.29 is 9.15 Å². The fraction of sp³-hybridized carbons (Fsp3) is 0.312. The predicted octanol–water partition coefficient (Wildman–Crippen LogP) is 2.87. The fourth-order valence-corrected chi connectivity index (χ4v) is 3.83. The molecule has 1 aliphatic rings. The Morgan fingerprint density at radius 3 is 3.17 bits per heavy atom. The summed E-state index contributed by atoms with van der Waals surface area (Å²) in [4.78, 5) is 21.5. The van der Waals surface area contributed by atoms with Gasteiger partial charge in [0.2, 0.25) is 5.95 Å². The van der Waals surface area contributed by atoms with Gasteiger partial charge in [-0.2, -0.15) is 5.10 Å². The highest BCUT2D eigenvalue weighted by atomic mass is 32.1. The van der Waals surface area contributed by atoms with Crippen LogP contribution in [0.15, 0.2) is 32.7 Å². The Morgan fingerprint density at radius 2 is 2.38 bits per heavy atom. The lowest BCUT2D eigenvalue weighted by atomic mass is 9.94. The third-order valence-corrected chi connectivity index (χ3v) is 4.95. The van der Waals surface area contributed by atoms with Gasteiger partial charge in [-0.05, 0) is 31.5 Å². The summed E-state index contributed by atoms with van der Waals surface area (Å²) in [6.07, 6.45) is 3.78. The van der Waals surface area contributed by atoms with Crippen molar-refractivity contribution in [3.63, 3.8) is 0 Å².